The third kappa shape index (κ3) is 1.78. The van der Waals surface area contributed by atoms with E-state index < -0.39 is 0 Å². The summed E-state index contributed by atoms with van der Waals surface area (Å²) < 4.78 is 5.09. The van der Waals surface area contributed by atoms with E-state index in [9.17, 15) is 0 Å². The topological polar surface area (TPSA) is 52.0 Å². The molecule has 0 amide bonds. The van der Waals surface area contributed by atoms with Crippen molar-refractivity contribution in [3.8, 4) is 0 Å². The van der Waals surface area contributed by atoms with Gasteiger partial charge in [0.2, 0.25) is 5.88 Å². The molecule has 1 unspecified atom stereocenters. The first-order valence-electron chi connectivity index (χ1n) is 5.86. The fourth-order valence-corrected chi connectivity index (χ4v) is 3.31. The van der Waals surface area contributed by atoms with Gasteiger partial charge in [-0.05, 0) is 37.0 Å². The fraction of sp³-hybridized carbons (Fsp3) is 0.308. The van der Waals surface area contributed by atoms with E-state index in [0.29, 0.717) is 15.9 Å². The summed E-state index contributed by atoms with van der Waals surface area (Å²) >= 11 is 12.5. The van der Waals surface area contributed by atoms with Crippen molar-refractivity contribution in [2.45, 2.75) is 25.2 Å². The Labute approximate surface area is 115 Å². The minimum Gasteiger partial charge on any atom is -0.367 e. The van der Waals surface area contributed by atoms with Crippen LogP contribution >= 0.6 is 23.2 Å². The molecular weight excluding hydrogens is 271 g/mol. The summed E-state index contributed by atoms with van der Waals surface area (Å²) in [7, 11) is 0. The molecular formula is C13H12Cl2N2O. The van der Waals surface area contributed by atoms with Crippen LogP contribution in [-0.4, -0.2) is 5.16 Å². The highest BCUT2D eigenvalue weighted by Crippen LogP contribution is 2.44. The van der Waals surface area contributed by atoms with Crippen LogP contribution in [0.25, 0.3) is 0 Å². The van der Waals surface area contributed by atoms with Crippen LogP contribution in [0.4, 0.5) is 5.88 Å². The lowest BCUT2D eigenvalue weighted by molar-refractivity contribution is 0.427. The highest BCUT2D eigenvalue weighted by molar-refractivity contribution is 6.36. The number of nitrogens with zero attached hydrogens (tertiary/aromatic N) is 1. The van der Waals surface area contributed by atoms with Crippen molar-refractivity contribution in [1.82, 2.24) is 5.16 Å². The second kappa shape index (κ2) is 4.48. The first kappa shape index (κ1) is 11.9. The molecule has 0 bridgehead atoms. The molecule has 1 aromatic carbocycles. The van der Waals surface area contributed by atoms with Crippen LogP contribution in [0.5, 0.6) is 0 Å². The van der Waals surface area contributed by atoms with Gasteiger partial charge in [0.1, 0.15) is 0 Å². The Balaban J connectivity index is 2.17. The molecule has 0 saturated carbocycles. The molecule has 94 valence electrons. The molecule has 0 fully saturated rings. The van der Waals surface area contributed by atoms with E-state index in [0.717, 1.165) is 36.1 Å². The quantitative estimate of drug-likeness (QED) is 0.859. The van der Waals surface area contributed by atoms with Crippen molar-refractivity contribution >= 4 is 29.1 Å². The molecule has 18 heavy (non-hydrogen) atoms. The van der Waals surface area contributed by atoms with Gasteiger partial charge in [0.05, 0.1) is 5.69 Å². The van der Waals surface area contributed by atoms with E-state index in [4.69, 9.17) is 33.5 Å². The van der Waals surface area contributed by atoms with Gasteiger partial charge in [-0.25, -0.2) is 0 Å². The number of fused-ring (bicyclic) bond motifs is 1. The van der Waals surface area contributed by atoms with Crippen molar-refractivity contribution in [2.75, 3.05) is 5.73 Å². The molecule has 0 saturated heterocycles. The molecule has 1 aliphatic carbocycles. The maximum Gasteiger partial charge on any atom is 0.226 e. The molecule has 1 heterocycles. The number of halogens is 2. The summed E-state index contributed by atoms with van der Waals surface area (Å²) in [6.45, 7) is 0. The van der Waals surface area contributed by atoms with Crippen LogP contribution in [0.1, 0.15) is 35.6 Å². The van der Waals surface area contributed by atoms with Gasteiger partial charge in [-0.15, -0.1) is 0 Å². The molecule has 3 nitrogen and oxygen atoms in total. The molecule has 1 aliphatic rings. The lowest BCUT2D eigenvalue weighted by Gasteiger charge is -2.23. The van der Waals surface area contributed by atoms with Crippen LogP contribution < -0.4 is 5.73 Å². The average molecular weight is 283 g/mol. The predicted molar refractivity (Wildman–Crippen MR) is 72.2 cm³/mol. The highest BCUT2D eigenvalue weighted by atomic mass is 35.5. The minimum absolute atomic E-state index is 0.0844. The van der Waals surface area contributed by atoms with Crippen LogP contribution in [0, 0.1) is 0 Å². The number of aromatic nitrogens is 1. The molecule has 1 aromatic heterocycles. The Kier molecular flexibility index (Phi) is 2.96. The van der Waals surface area contributed by atoms with Gasteiger partial charge in [0.25, 0.3) is 0 Å². The Morgan fingerprint density at radius 1 is 1.22 bits per heavy atom. The second-order valence-electron chi connectivity index (χ2n) is 4.49. The largest absolute Gasteiger partial charge is 0.367 e. The van der Waals surface area contributed by atoms with Gasteiger partial charge < -0.3 is 10.3 Å². The average Bonchev–Trinajstić information content (AvgIpc) is 2.72. The summed E-state index contributed by atoms with van der Waals surface area (Å²) in [6.07, 6.45) is 2.89. The first-order valence-corrected chi connectivity index (χ1v) is 6.62. The number of rotatable bonds is 1. The van der Waals surface area contributed by atoms with E-state index in [1.54, 1.807) is 0 Å². The predicted octanol–water partition coefficient (Wildman–Crippen LogP) is 4.03. The maximum absolute atomic E-state index is 6.27. The van der Waals surface area contributed by atoms with E-state index in [1.807, 2.05) is 18.2 Å². The van der Waals surface area contributed by atoms with Crippen LogP contribution in [0.15, 0.2) is 22.7 Å². The number of hydrogen-bond donors (Lipinski definition) is 1. The Bertz CT molecular complexity index is 574. The van der Waals surface area contributed by atoms with E-state index in [2.05, 4.69) is 5.16 Å². The smallest absolute Gasteiger partial charge is 0.226 e. The number of aryl methyl sites for hydroxylation is 1. The standard InChI is InChI=1S/C13H12Cl2N2O/c14-8-4-2-5-9(15)11(8)7-3-1-6-10-12(7)13(16)18-17-10/h2,4-5,7H,1,3,6,16H2. The summed E-state index contributed by atoms with van der Waals surface area (Å²) in [4.78, 5) is 0. The summed E-state index contributed by atoms with van der Waals surface area (Å²) in [5.41, 5.74) is 8.69. The zero-order valence-electron chi connectivity index (χ0n) is 9.62. The summed E-state index contributed by atoms with van der Waals surface area (Å²) in [6, 6.07) is 5.54. The lowest BCUT2D eigenvalue weighted by atomic mass is 9.81. The Hall–Kier alpha value is -1.19. The highest BCUT2D eigenvalue weighted by Gasteiger charge is 2.30. The number of nitrogen functional groups attached to an aromatic ring is 1. The zero-order chi connectivity index (χ0) is 12.7. The Morgan fingerprint density at radius 3 is 2.67 bits per heavy atom. The first-order chi connectivity index (χ1) is 8.68. The number of nitrogens with two attached hydrogens (primary N) is 1. The van der Waals surface area contributed by atoms with Gasteiger partial charge in [-0.1, -0.05) is 34.4 Å². The van der Waals surface area contributed by atoms with Gasteiger partial charge in [-0.2, -0.15) is 0 Å². The number of anilines is 1. The van der Waals surface area contributed by atoms with Gasteiger partial charge >= 0.3 is 0 Å². The number of benzene rings is 1. The molecule has 0 spiro atoms. The van der Waals surface area contributed by atoms with Crippen LogP contribution in [0.2, 0.25) is 10.0 Å². The monoisotopic (exact) mass is 282 g/mol. The van der Waals surface area contributed by atoms with Crippen molar-refractivity contribution in [3.63, 3.8) is 0 Å². The molecule has 3 rings (SSSR count). The van der Waals surface area contributed by atoms with Crippen molar-refractivity contribution < 1.29 is 4.52 Å². The second-order valence-corrected chi connectivity index (χ2v) is 5.30. The van der Waals surface area contributed by atoms with E-state index >= 15 is 0 Å². The molecule has 1 atom stereocenters. The van der Waals surface area contributed by atoms with Crippen molar-refractivity contribution in [1.29, 1.82) is 0 Å². The third-order valence-corrected chi connectivity index (χ3v) is 4.09. The van der Waals surface area contributed by atoms with E-state index in [-0.39, 0.29) is 5.92 Å². The summed E-state index contributed by atoms with van der Waals surface area (Å²) in [5.74, 6) is 0.465. The Morgan fingerprint density at radius 2 is 1.94 bits per heavy atom. The van der Waals surface area contributed by atoms with Gasteiger partial charge in [0, 0.05) is 21.5 Å². The zero-order valence-corrected chi connectivity index (χ0v) is 11.1. The summed E-state index contributed by atoms with van der Waals surface area (Å²) in [5, 5.41) is 5.34. The fourth-order valence-electron chi connectivity index (χ4n) is 2.65. The van der Waals surface area contributed by atoms with E-state index in [1.165, 1.54) is 0 Å². The van der Waals surface area contributed by atoms with Crippen molar-refractivity contribution in [3.05, 3.63) is 45.1 Å². The molecule has 0 radical (unpaired) electrons. The molecule has 5 heteroatoms. The molecule has 2 aromatic rings. The van der Waals surface area contributed by atoms with Gasteiger partial charge in [0.15, 0.2) is 0 Å². The SMILES string of the molecule is Nc1onc2c1C(c1c(Cl)cccc1Cl)CCC2. The molecule has 2 N–H and O–H groups in total. The third-order valence-electron chi connectivity index (χ3n) is 3.43. The van der Waals surface area contributed by atoms with Gasteiger partial charge in [-0.3, -0.25) is 0 Å². The number of hydrogen-bond acceptors (Lipinski definition) is 3. The minimum atomic E-state index is 0.0844. The van der Waals surface area contributed by atoms with Crippen LogP contribution in [0.3, 0.4) is 0 Å². The van der Waals surface area contributed by atoms with Crippen LogP contribution in [-0.2, 0) is 6.42 Å². The molecule has 0 aliphatic heterocycles. The van der Waals surface area contributed by atoms with Crippen molar-refractivity contribution in [2.24, 2.45) is 0 Å². The maximum atomic E-state index is 6.27. The lowest BCUT2D eigenvalue weighted by Crippen LogP contribution is -2.12. The normalized spacial score (nSPS) is 18.7.